The number of ether oxygens (including phenoxy) is 1. The molecule has 1 N–H and O–H groups in total. The zero-order chi connectivity index (χ0) is 17.0. The SMILES string of the molecule is CN(CCCl)S(=O)(=O)N1CCC(NC(=O)OC(C)(C)C)CC1. The fourth-order valence-electron chi connectivity index (χ4n) is 2.14. The summed E-state index contributed by atoms with van der Waals surface area (Å²) in [5.41, 5.74) is -0.543. The van der Waals surface area contributed by atoms with Crippen LogP contribution < -0.4 is 5.32 Å². The van der Waals surface area contributed by atoms with E-state index in [2.05, 4.69) is 5.32 Å². The predicted octanol–water partition coefficient (Wildman–Crippen LogP) is 1.39. The van der Waals surface area contributed by atoms with Crippen molar-refractivity contribution in [2.75, 3.05) is 32.6 Å². The monoisotopic (exact) mass is 355 g/mol. The molecule has 0 unspecified atom stereocenters. The molecule has 1 rings (SSSR count). The average molecular weight is 356 g/mol. The van der Waals surface area contributed by atoms with Crippen LogP contribution in [0.2, 0.25) is 0 Å². The molecule has 0 aromatic carbocycles. The van der Waals surface area contributed by atoms with Crippen LogP contribution in [0, 0.1) is 0 Å². The Balaban J connectivity index is 2.48. The summed E-state index contributed by atoms with van der Waals surface area (Å²) in [6.07, 6.45) is 0.661. The Morgan fingerprint density at radius 2 is 1.91 bits per heavy atom. The average Bonchev–Trinajstić information content (AvgIpc) is 2.37. The smallest absolute Gasteiger partial charge is 0.407 e. The number of halogens is 1. The molecule has 0 bridgehead atoms. The number of nitrogens with zero attached hydrogens (tertiary/aromatic N) is 2. The van der Waals surface area contributed by atoms with E-state index in [-0.39, 0.29) is 18.5 Å². The lowest BCUT2D eigenvalue weighted by molar-refractivity contribution is 0.0489. The van der Waals surface area contributed by atoms with Crippen molar-refractivity contribution in [3.05, 3.63) is 0 Å². The molecule has 0 saturated carbocycles. The van der Waals surface area contributed by atoms with Crippen LogP contribution in [-0.2, 0) is 14.9 Å². The quantitative estimate of drug-likeness (QED) is 0.756. The van der Waals surface area contributed by atoms with Crippen molar-refractivity contribution in [1.82, 2.24) is 13.9 Å². The van der Waals surface area contributed by atoms with Crippen LogP contribution in [0.4, 0.5) is 4.79 Å². The van der Waals surface area contributed by atoms with E-state index in [4.69, 9.17) is 16.3 Å². The molecule has 1 aliphatic rings. The third-order valence-electron chi connectivity index (χ3n) is 3.29. The number of alkyl halides is 1. The number of amides is 1. The maximum Gasteiger partial charge on any atom is 0.407 e. The summed E-state index contributed by atoms with van der Waals surface area (Å²) in [6, 6.07) is -0.0698. The molecule has 1 fully saturated rings. The Labute approximate surface area is 138 Å². The molecule has 22 heavy (non-hydrogen) atoms. The first-order valence-electron chi connectivity index (χ1n) is 7.33. The number of carbonyl (C=O) groups is 1. The highest BCUT2D eigenvalue weighted by Crippen LogP contribution is 2.17. The van der Waals surface area contributed by atoms with Crippen LogP contribution in [0.15, 0.2) is 0 Å². The predicted molar refractivity (Wildman–Crippen MR) is 86.2 cm³/mol. The highest BCUT2D eigenvalue weighted by Gasteiger charge is 2.31. The van der Waals surface area contributed by atoms with E-state index >= 15 is 0 Å². The molecular formula is C13H26ClN3O4S. The molecule has 1 aliphatic heterocycles. The molecule has 1 amide bonds. The van der Waals surface area contributed by atoms with Crippen molar-refractivity contribution < 1.29 is 17.9 Å². The topological polar surface area (TPSA) is 79.0 Å². The van der Waals surface area contributed by atoms with Gasteiger partial charge in [-0.05, 0) is 33.6 Å². The van der Waals surface area contributed by atoms with Gasteiger partial charge in [0, 0.05) is 38.6 Å². The fourth-order valence-corrected chi connectivity index (χ4v) is 3.88. The number of hydrogen-bond donors (Lipinski definition) is 1. The maximum atomic E-state index is 12.3. The second kappa shape index (κ2) is 7.81. The molecule has 130 valence electrons. The Bertz CT molecular complexity index is 470. The highest BCUT2D eigenvalue weighted by molar-refractivity contribution is 7.86. The zero-order valence-electron chi connectivity index (χ0n) is 13.6. The van der Waals surface area contributed by atoms with Crippen LogP contribution in [0.5, 0.6) is 0 Å². The van der Waals surface area contributed by atoms with Gasteiger partial charge in [0.15, 0.2) is 0 Å². The van der Waals surface area contributed by atoms with Crippen LogP contribution >= 0.6 is 11.6 Å². The third kappa shape index (κ3) is 5.91. The molecular weight excluding hydrogens is 330 g/mol. The Morgan fingerprint density at radius 1 is 1.36 bits per heavy atom. The van der Waals surface area contributed by atoms with Gasteiger partial charge in [-0.2, -0.15) is 17.0 Å². The standard InChI is InChI=1S/C13H26ClN3O4S/c1-13(2,3)21-12(18)15-11-5-8-17(9-6-11)22(19,20)16(4)10-7-14/h11H,5-10H2,1-4H3,(H,15,18). The van der Waals surface area contributed by atoms with Gasteiger partial charge >= 0.3 is 6.09 Å². The number of alkyl carbamates (subject to hydrolysis) is 1. The van der Waals surface area contributed by atoms with Gasteiger partial charge in [-0.3, -0.25) is 0 Å². The molecule has 0 atom stereocenters. The molecule has 1 saturated heterocycles. The van der Waals surface area contributed by atoms with Crippen molar-refractivity contribution >= 4 is 27.9 Å². The van der Waals surface area contributed by atoms with Gasteiger partial charge in [0.2, 0.25) is 0 Å². The fraction of sp³-hybridized carbons (Fsp3) is 0.923. The van der Waals surface area contributed by atoms with E-state index in [1.165, 1.54) is 15.7 Å². The number of carbonyl (C=O) groups excluding carboxylic acids is 1. The number of hydrogen-bond acceptors (Lipinski definition) is 4. The summed E-state index contributed by atoms with van der Waals surface area (Å²) in [7, 11) is -1.95. The first kappa shape index (κ1) is 19.5. The summed E-state index contributed by atoms with van der Waals surface area (Å²) in [4.78, 5) is 11.7. The second-order valence-corrected chi connectivity index (χ2v) is 8.75. The van der Waals surface area contributed by atoms with Crippen LogP contribution in [0.1, 0.15) is 33.6 Å². The van der Waals surface area contributed by atoms with E-state index in [0.29, 0.717) is 25.9 Å². The van der Waals surface area contributed by atoms with Gasteiger partial charge in [0.25, 0.3) is 10.2 Å². The van der Waals surface area contributed by atoms with E-state index < -0.39 is 21.9 Å². The zero-order valence-corrected chi connectivity index (χ0v) is 15.2. The summed E-state index contributed by atoms with van der Waals surface area (Å²) >= 11 is 5.59. The lowest BCUT2D eigenvalue weighted by Gasteiger charge is -2.34. The largest absolute Gasteiger partial charge is 0.444 e. The highest BCUT2D eigenvalue weighted by atomic mass is 35.5. The first-order valence-corrected chi connectivity index (χ1v) is 9.26. The summed E-state index contributed by atoms with van der Waals surface area (Å²) in [6.45, 7) is 6.42. The lowest BCUT2D eigenvalue weighted by Crippen LogP contribution is -2.50. The van der Waals surface area contributed by atoms with Gasteiger partial charge in [0.1, 0.15) is 5.60 Å². The number of nitrogens with one attached hydrogen (secondary N) is 1. The van der Waals surface area contributed by atoms with E-state index in [0.717, 1.165) is 0 Å². The van der Waals surface area contributed by atoms with E-state index in [1.807, 2.05) is 0 Å². The second-order valence-electron chi connectivity index (χ2n) is 6.34. The van der Waals surface area contributed by atoms with Gasteiger partial charge in [-0.25, -0.2) is 4.79 Å². The van der Waals surface area contributed by atoms with E-state index in [1.54, 1.807) is 20.8 Å². The van der Waals surface area contributed by atoms with Crippen LogP contribution in [0.3, 0.4) is 0 Å². The third-order valence-corrected chi connectivity index (χ3v) is 5.45. The number of piperidine rings is 1. The Morgan fingerprint density at radius 3 is 2.36 bits per heavy atom. The molecule has 0 aliphatic carbocycles. The molecule has 0 radical (unpaired) electrons. The molecule has 0 spiro atoms. The minimum absolute atomic E-state index is 0.0698. The molecule has 0 aromatic rings. The van der Waals surface area contributed by atoms with Crippen LogP contribution in [0.25, 0.3) is 0 Å². The first-order chi connectivity index (χ1) is 10.1. The number of rotatable bonds is 5. The van der Waals surface area contributed by atoms with Crippen LogP contribution in [-0.4, -0.2) is 67.3 Å². The van der Waals surface area contributed by atoms with Crippen molar-refractivity contribution in [2.24, 2.45) is 0 Å². The molecule has 1 heterocycles. The molecule has 7 nitrogen and oxygen atoms in total. The maximum absolute atomic E-state index is 12.3. The Hall–Kier alpha value is -0.570. The van der Waals surface area contributed by atoms with Gasteiger partial charge < -0.3 is 10.1 Å². The summed E-state index contributed by atoms with van der Waals surface area (Å²) < 4.78 is 32.4. The lowest BCUT2D eigenvalue weighted by atomic mass is 10.1. The van der Waals surface area contributed by atoms with Gasteiger partial charge in [-0.1, -0.05) is 0 Å². The van der Waals surface area contributed by atoms with Crippen molar-refractivity contribution in [3.63, 3.8) is 0 Å². The van der Waals surface area contributed by atoms with E-state index in [9.17, 15) is 13.2 Å². The van der Waals surface area contributed by atoms with Gasteiger partial charge in [-0.15, -0.1) is 11.6 Å². The normalized spacial score (nSPS) is 18.5. The van der Waals surface area contributed by atoms with Crippen molar-refractivity contribution in [3.8, 4) is 0 Å². The molecule has 0 aromatic heterocycles. The summed E-state index contributed by atoms with van der Waals surface area (Å²) in [5.74, 6) is 0.256. The minimum Gasteiger partial charge on any atom is -0.444 e. The molecule has 9 heteroatoms. The van der Waals surface area contributed by atoms with Gasteiger partial charge in [0.05, 0.1) is 0 Å². The van der Waals surface area contributed by atoms with Crippen molar-refractivity contribution in [2.45, 2.75) is 45.3 Å². The summed E-state index contributed by atoms with van der Waals surface area (Å²) in [5, 5.41) is 2.78. The Kier molecular flexibility index (Phi) is 6.91. The minimum atomic E-state index is -3.47. The van der Waals surface area contributed by atoms with Crippen molar-refractivity contribution in [1.29, 1.82) is 0 Å².